The summed E-state index contributed by atoms with van der Waals surface area (Å²) >= 11 is 0. The molecule has 3 heterocycles. The number of aromatic nitrogens is 5. The molecular formula is C23H26N10O. The van der Waals surface area contributed by atoms with Crippen molar-refractivity contribution in [3.63, 3.8) is 0 Å². The third-order valence-electron chi connectivity index (χ3n) is 5.21. The number of carbonyl (C=O) groups is 1. The third kappa shape index (κ3) is 5.45. The van der Waals surface area contributed by atoms with Crippen molar-refractivity contribution >= 4 is 23.2 Å². The monoisotopic (exact) mass is 458 g/mol. The molecule has 0 fully saturated rings. The van der Waals surface area contributed by atoms with Crippen LogP contribution in [0, 0.1) is 6.92 Å². The number of nitrogens with two attached hydrogens (primary N) is 3. The van der Waals surface area contributed by atoms with E-state index in [4.69, 9.17) is 17.3 Å². The lowest BCUT2D eigenvalue weighted by molar-refractivity contribution is 0.0950. The van der Waals surface area contributed by atoms with Gasteiger partial charge in [0.2, 0.25) is 0 Å². The largest absolute Gasteiger partial charge is 0.395 e. The highest BCUT2D eigenvalue weighted by atomic mass is 16.1. The molecule has 0 radical (unpaired) electrons. The van der Waals surface area contributed by atoms with Crippen LogP contribution in [0.2, 0.25) is 0 Å². The van der Waals surface area contributed by atoms with Crippen LogP contribution in [0.3, 0.4) is 0 Å². The number of aryl methyl sites for hydroxylation is 1. The van der Waals surface area contributed by atoms with E-state index in [9.17, 15) is 4.79 Å². The highest BCUT2D eigenvalue weighted by molar-refractivity contribution is 5.94. The molecule has 4 aromatic rings. The van der Waals surface area contributed by atoms with Gasteiger partial charge in [-0.15, -0.1) is 0 Å². The molecule has 0 saturated heterocycles. The SMILES string of the molecule is Cc1cnc(CNC(=O)c2ccc(Cn3cc(Cc4cc(N)nc(NN)c4N)cn3)cc2)cn1. The van der Waals surface area contributed by atoms with E-state index in [1.807, 2.05) is 29.9 Å². The van der Waals surface area contributed by atoms with Gasteiger partial charge in [0.25, 0.3) is 5.91 Å². The summed E-state index contributed by atoms with van der Waals surface area (Å²) in [5, 5.41) is 7.28. The van der Waals surface area contributed by atoms with Crippen molar-refractivity contribution in [1.29, 1.82) is 0 Å². The van der Waals surface area contributed by atoms with Crippen LogP contribution in [0.5, 0.6) is 0 Å². The Balaban J connectivity index is 1.35. The molecule has 0 aliphatic rings. The summed E-state index contributed by atoms with van der Waals surface area (Å²) in [6.07, 6.45) is 7.59. The molecule has 0 aliphatic heterocycles. The Morgan fingerprint density at radius 2 is 1.85 bits per heavy atom. The van der Waals surface area contributed by atoms with Crippen LogP contribution in [-0.2, 0) is 19.5 Å². The minimum absolute atomic E-state index is 0.171. The Kier molecular flexibility index (Phi) is 6.64. The number of nitrogens with one attached hydrogen (secondary N) is 2. The molecule has 1 amide bonds. The standard InChI is InChI=1S/C23H26N10O/c1-14-8-28-19(10-27-14)11-29-23(34)17-4-2-15(3-5-17)12-33-13-16(9-30-33)6-18-7-20(24)31-22(32-26)21(18)25/h2-5,7-10,13H,6,11-12,25-26H2,1H3,(H,29,34)(H3,24,31,32). The first kappa shape index (κ1) is 22.7. The maximum absolute atomic E-state index is 12.4. The molecule has 3 aromatic heterocycles. The lowest BCUT2D eigenvalue weighted by Gasteiger charge is -2.10. The zero-order valence-corrected chi connectivity index (χ0v) is 18.7. The first-order valence-corrected chi connectivity index (χ1v) is 10.6. The number of rotatable bonds is 8. The first-order valence-electron chi connectivity index (χ1n) is 10.6. The average molecular weight is 459 g/mol. The van der Waals surface area contributed by atoms with Crippen molar-refractivity contribution in [2.75, 3.05) is 16.9 Å². The molecule has 0 spiro atoms. The molecule has 34 heavy (non-hydrogen) atoms. The topological polar surface area (TPSA) is 176 Å². The number of carbonyl (C=O) groups excluding carboxylic acids is 1. The molecule has 11 nitrogen and oxygen atoms in total. The molecule has 0 saturated carbocycles. The van der Waals surface area contributed by atoms with Crippen LogP contribution in [0.1, 0.15) is 38.4 Å². The maximum Gasteiger partial charge on any atom is 0.251 e. The smallest absolute Gasteiger partial charge is 0.251 e. The summed E-state index contributed by atoms with van der Waals surface area (Å²) in [5.41, 5.74) is 19.8. The summed E-state index contributed by atoms with van der Waals surface area (Å²) < 4.78 is 1.82. The van der Waals surface area contributed by atoms with Crippen molar-refractivity contribution in [3.05, 3.63) is 88.8 Å². The van der Waals surface area contributed by atoms with Gasteiger partial charge in [0.1, 0.15) is 5.82 Å². The lowest BCUT2D eigenvalue weighted by Crippen LogP contribution is -2.23. The summed E-state index contributed by atoms with van der Waals surface area (Å²) in [6, 6.07) is 9.11. The van der Waals surface area contributed by atoms with Crippen LogP contribution in [0.15, 0.2) is 55.1 Å². The number of amides is 1. The Hall–Kier alpha value is -4.51. The second-order valence-corrected chi connectivity index (χ2v) is 7.86. The Morgan fingerprint density at radius 1 is 1.06 bits per heavy atom. The van der Waals surface area contributed by atoms with Crippen LogP contribution in [-0.4, -0.2) is 30.6 Å². The lowest BCUT2D eigenvalue weighted by atomic mass is 10.1. The van der Waals surface area contributed by atoms with E-state index in [0.717, 1.165) is 22.4 Å². The second-order valence-electron chi connectivity index (χ2n) is 7.86. The van der Waals surface area contributed by atoms with E-state index in [0.29, 0.717) is 48.1 Å². The van der Waals surface area contributed by atoms with Crippen molar-refractivity contribution in [1.82, 2.24) is 30.0 Å². The zero-order chi connectivity index (χ0) is 24.1. The fourth-order valence-corrected chi connectivity index (χ4v) is 3.42. The van der Waals surface area contributed by atoms with E-state index in [2.05, 4.69) is 30.8 Å². The fourth-order valence-electron chi connectivity index (χ4n) is 3.42. The van der Waals surface area contributed by atoms with Crippen molar-refractivity contribution in [2.24, 2.45) is 5.84 Å². The number of anilines is 3. The van der Waals surface area contributed by atoms with E-state index in [1.54, 1.807) is 36.8 Å². The average Bonchev–Trinajstić information content (AvgIpc) is 3.27. The summed E-state index contributed by atoms with van der Waals surface area (Å²) in [4.78, 5) is 24.9. The maximum atomic E-state index is 12.4. The molecular weight excluding hydrogens is 432 g/mol. The van der Waals surface area contributed by atoms with Crippen LogP contribution >= 0.6 is 0 Å². The normalized spacial score (nSPS) is 10.8. The summed E-state index contributed by atoms with van der Waals surface area (Å²) in [7, 11) is 0. The molecule has 0 atom stereocenters. The minimum atomic E-state index is -0.171. The molecule has 4 rings (SSSR count). The van der Waals surface area contributed by atoms with Gasteiger partial charge in [-0.2, -0.15) is 5.10 Å². The number of hydrogen-bond acceptors (Lipinski definition) is 9. The van der Waals surface area contributed by atoms with Gasteiger partial charge in [0.15, 0.2) is 5.82 Å². The second kappa shape index (κ2) is 9.96. The molecule has 0 unspecified atom stereocenters. The van der Waals surface area contributed by atoms with Gasteiger partial charge in [0.05, 0.1) is 42.6 Å². The van der Waals surface area contributed by atoms with Crippen molar-refractivity contribution in [2.45, 2.75) is 26.4 Å². The molecule has 1 aromatic carbocycles. The van der Waals surface area contributed by atoms with Crippen LogP contribution in [0.25, 0.3) is 0 Å². The van der Waals surface area contributed by atoms with Gasteiger partial charge in [0, 0.05) is 24.4 Å². The Morgan fingerprint density at radius 3 is 2.56 bits per heavy atom. The van der Waals surface area contributed by atoms with Gasteiger partial charge >= 0.3 is 0 Å². The predicted octanol–water partition coefficient (Wildman–Crippen LogP) is 1.40. The number of hydrogen-bond donors (Lipinski definition) is 5. The van der Waals surface area contributed by atoms with E-state index >= 15 is 0 Å². The summed E-state index contributed by atoms with van der Waals surface area (Å²) in [5.74, 6) is 5.96. The molecule has 11 heteroatoms. The quantitative estimate of drug-likeness (QED) is 0.193. The van der Waals surface area contributed by atoms with Gasteiger partial charge < -0.3 is 22.2 Å². The van der Waals surface area contributed by atoms with Crippen LogP contribution < -0.4 is 28.1 Å². The zero-order valence-electron chi connectivity index (χ0n) is 18.7. The number of hydrazine groups is 1. The van der Waals surface area contributed by atoms with E-state index in [1.165, 1.54) is 0 Å². The molecule has 8 N–H and O–H groups in total. The van der Waals surface area contributed by atoms with E-state index in [-0.39, 0.29) is 5.91 Å². The number of nitrogen functional groups attached to an aromatic ring is 3. The molecule has 174 valence electrons. The van der Waals surface area contributed by atoms with Crippen LogP contribution in [0.4, 0.5) is 17.3 Å². The predicted molar refractivity (Wildman–Crippen MR) is 129 cm³/mol. The van der Waals surface area contributed by atoms with Gasteiger partial charge in [-0.1, -0.05) is 12.1 Å². The van der Waals surface area contributed by atoms with Crippen molar-refractivity contribution < 1.29 is 4.79 Å². The highest BCUT2D eigenvalue weighted by Gasteiger charge is 2.11. The Bertz CT molecular complexity index is 1280. The first-order chi connectivity index (χ1) is 16.4. The summed E-state index contributed by atoms with van der Waals surface area (Å²) in [6.45, 7) is 2.74. The number of benzene rings is 1. The number of pyridine rings is 1. The van der Waals surface area contributed by atoms with Gasteiger partial charge in [-0.05, 0) is 41.8 Å². The van der Waals surface area contributed by atoms with Crippen molar-refractivity contribution in [3.8, 4) is 0 Å². The molecule has 0 bridgehead atoms. The van der Waals surface area contributed by atoms with Gasteiger partial charge in [-0.3, -0.25) is 19.4 Å². The number of nitrogens with zero attached hydrogens (tertiary/aromatic N) is 5. The third-order valence-corrected chi connectivity index (χ3v) is 5.21. The van der Waals surface area contributed by atoms with Gasteiger partial charge in [-0.25, -0.2) is 10.8 Å². The highest BCUT2D eigenvalue weighted by Crippen LogP contribution is 2.24. The molecule has 0 aliphatic carbocycles. The minimum Gasteiger partial charge on any atom is -0.395 e. The van der Waals surface area contributed by atoms with E-state index < -0.39 is 0 Å². The Labute approximate surface area is 196 Å². The fraction of sp³-hybridized carbons (Fsp3) is 0.174.